The van der Waals surface area contributed by atoms with Crippen molar-refractivity contribution in [2.45, 2.75) is 116 Å². The van der Waals surface area contributed by atoms with E-state index in [1.165, 1.54) is 29.1 Å². The van der Waals surface area contributed by atoms with Crippen LogP contribution >= 0.6 is 0 Å². The minimum atomic E-state index is -4.95. The number of ether oxygens (including phenoxy) is 1. The first kappa shape index (κ1) is 43.8. The first-order valence-electron chi connectivity index (χ1n) is 19.6. The molecule has 5 rings (SSSR count). The third kappa shape index (κ3) is 9.38. The molecule has 0 spiro atoms. The molecule has 0 aromatic heterocycles. The second-order valence-corrected chi connectivity index (χ2v) is 21.1. The zero-order chi connectivity index (χ0) is 41.9. The standard InChI is InChI=1S/C43H54F5N3O5Si/c1-28(2)51(30-20-18-29(19-21-30)22-25-55-57(41(3,4)5,31-14-10-8-11-15-31)32-16-12-9-13-17-32)39(53)33-26-35-36(27-34(33)43(46,47)48)56-42(6,7)40(54)50(35)24-23-49-38(52)37(44)45/h8-17,26-30,37H,18-25H2,1-7H3,(H,49,52). The molecule has 3 aromatic carbocycles. The predicted octanol–water partition coefficient (Wildman–Crippen LogP) is 7.97. The number of anilines is 1. The van der Waals surface area contributed by atoms with Crippen LogP contribution in [0, 0.1) is 5.92 Å². The second kappa shape index (κ2) is 17.3. The molecule has 0 unspecified atom stereocenters. The quantitative estimate of drug-likeness (QED) is 0.140. The van der Waals surface area contributed by atoms with E-state index in [0.717, 1.165) is 36.3 Å². The molecule has 1 N–H and O–H groups in total. The van der Waals surface area contributed by atoms with E-state index in [1.807, 2.05) is 41.7 Å². The Kier molecular flexibility index (Phi) is 13.3. The summed E-state index contributed by atoms with van der Waals surface area (Å²) in [5.41, 5.74) is -3.58. The fraction of sp³-hybridized carbons (Fsp3) is 0.512. The molecule has 1 saturated carbocycles. The summed E-state index contributed by atoms with van der Waals surface area (Å²) in [6.07, 6.45) is -4.73. The van der Waals surface area contributed by atoms with Crippen LogP contribution in [-0.2, 0) is 20.2 Å². The fourth-order valence-electron chi connectivity index (χ4n) is 8.43. The minimum absolute atomic E-state index is 0.115. The van der Waals surface area contributed by atoms with Crippen molar-refractivity contribution in [2.75, 3.05) is 24.6 Å². The molecule has 0 radical (unpaired) electrons. The predicted molar refractivity (Wildman–Crippen MR) is 213 cm³/mol. The van der Waals surface area contributed by atoms with Crippen LogP contribution in [0.15, 0.2) is 72.8 Å². The summed E-state index contributed by atoms with van der Waals surface area (Å²) in [6.45, 7) is 12.8. The smallest absolute Gasteiger partial charge is 0.417 e. The largest absolute Gasteiger partial charge is 0.476 e. The highest BCUT2D eigenvalue weighted by atomic mass is 28.4. The van der Waals surface area contributed by atoms with Crippen molar-refractivity contribution in [3.05, 3.63) is 83.9 Å². The van der Waals surface area contributed by atoms with Gasteiger partial charge in [0.25, 0.3) is 26.0 Å². The first-order chi connectivity index (χ1) is 26.7. The molecule has 0 bridgehead atoms. The number of rotatable bonds is 13. The Labute approximate surface area is 333 Å². The van der Waals surface area contributed by atoms with Crippen molar-refractivity contribution in [1.29, 1.82) is 0 Å². The van der Waals surface area contributed by atoms with Crippen LogP contribution in [0.3, 0.4) is 0 Å². The number of hydrogen-bond donors (Lipinski definition) is 1. The molecular weight excluding hydrogens is 762 g/mol. The highest BCUT2D eigenvalue weighted by molar-refractivity contribution is 6.99. The minimum Gasteiger partial charge on any atom is -0.476 e. The first-order valence-corrected chi connectivity index (χ1v) is 21.5. The van der Waals surface area contributed by atoms with Gasteiger partial charge in [0.2, 0.25) is 0 Å². The normalized spacial score (nSPS) is 18.6. The lowest BCUT2D eigenvalue weighted by molar-refractivity contribution is -0.138. The average Bonchev–Trinajstić information content (AvgIpc) is 3.14. The van der Waals surface area contributed by atoms with Gasteiger partial charge in [-0.3, -0.25) is 14.4 Å². The van der Waals surface area contributed by atoms with Gasteiger partial charge in [0, 0.05) is 31.8 Å². The summed E-state index contributed by atoms with van der Waals surface area (Å²) in [5, 5.41) is 4.23. The van der Waals surface area contributed by atoms with E-state index >= 15 is 0 Å². The zero-order valence-corrected chi connectivity index (χ0v) is 34.7. The Morgan fingerprint density at radius 3 is 2.00 bits per heavy atom. The van der Waals surface area contributed by atoms with E-state index < -0.39 is 68.0 Å². The average molecular weight is 816 g/mol. The van der Waals surface area contributed by atoms with Gasteiger partial charge in [-0.05, 0) is 93.3 Å². The monoisotopic (exact) mass is 815 g/mol. The van der Waals surface area contributed by atoms with Crippen LogP contribution < -0.4 is 25.3 Å². The van der Waals surface area contributed by atoms with Crippen LogP contribution in [-0.4, -0.2) is 74.7 Å². The van der Waals surface area contributed by atoms with E-state index in [-0.39, 0.29) is 29.1 Å². The molecule has 8 nitrogen and oxygen atoms in total. The molecule has 1 heterocycles. The van der Waals surface area contributed by atoms with Crippen molar-refractivity contribution >= 4 is 42.1 Å². The Morgan fingerprint density at radius 1 is 0.947 bits per heavy atom. The fourth-order valence-corrected chi connectivity index (χ4v) is 13.0. The number of benzene rings is 3. The SMILES string of the molecule is CC(C)N(C(=O)c1cc2c(cc1C(F)(F)F)OC(C)(C)C(=O)N2CCNC(=O)C(F)F)C1CCC(CCO[Si](c2ccccc2)(c2ccccc2)C(C)(C)C)CC1. The van der Waals surface area contributed by atoms with E-state index in [9.17, 15) is 36.3 Å². The number of alkyl halides is 5. The van der Waals surface area contributed by atoms with Crippen LogP contribution in [0.5, 0.6) is 5.75 Å². The maximum Gasteiger partial charge on any atom is 0.417 e. The van der Waals surface area contributed by atoms with Crippen LogP contribution in [0.4, 0.5) is 27.6 Å². The van der Waals surface area contributed by atoms with Crippen LogP contribution in [0.1, 0.15) is 96.5 Å². The third-order valence-electron chi connectivity index (χ3n) is 11.1. The molecule has 1 fully saturated rings. The van der Waals surface area contributed by atoms with Gasteiger partial charge in [-0.25, -0.2) is 0 Å². The molecule has 310 valence electrons. The second-order valence-electron chi connectivity index (χ2n) is 16.8. The Hall–Kier alpha value is -4.30. The molecule has 3 amide bonds. The van der Waals surface area contributed by atoms with Crippen molar-refractivity contribution in [3.8, 4) is 5.75 Å². The van der Waals surface area contributed by atoms with E-state index in [0.29, 0.717) is 25.4 Å². The molecule has 1 aliphatic carbocycles. The summed E-state index contributed by atoms with van der Waals surface area (Å²) in [4.78, 5) is 41.9. The van der Waals surface area contributed by atoms with Crippen LogP contribution in [0.25, 0.3) is 0 Å². The lowest BCUT2D eigenvalue weighted by Crippen LogP contribution is -2.66. The summed E-state index contributed by atoms with van der Waals surface area (Å²) in [7, 11) is -2.73. The van der Waals surface area contributed by atoms with Crippen molar-refractivity contribution in [2.24, 2.45) is 5.92 Å². The van der Waals surface area contributed by atoms with Gasteiger partial charge in [-0.2, -0.15) is 22.0 Å². The molecule has 0 atom stereocenters. The van der Waals surface area contributed by atoms with Crippen molar-refractivity contribution < 1.29 is 45.5 Å². The highest BCUT2D eigenvalue weighted by Crippen LogP contribution is 2.45. The van der Waals surface area contributed by atoms with E-state index in [1.54, 1.807) is 13.8 Å². The maximum absolute atomic E-state index is 14.7. The molecule has 14 heteroatoms. The molecule has 1 aliphatic heterocycles. The van der Waals surface area contributed by atoms with Gasteiger partial charge in [-0.15, -0.1) is 0 Å². The number of fused-ring (bicyclic) bond motifs is 1. The number of nitrogens with one attached hydrogen (secondary N) is 1. The lowest BCUT2D eigenvalue weighted by atomic mass is 9.83. The zero-order valence-electron chi connectivity index (χ0n) is 33.7. The number of carbonyl (C=O) groups excluding carboxylic acids is 3. The number of hydrogen-bond acceptors (Lipinski definition) is 5. The summed E-state index contributed by atoms with van der Waals surface area (Å²) in [5.74, 6) is -3.05. The lowest BCUT2D eigenvalue weighted by Gasteiger charge is -2.44. The van der Waals surface area contributed by atoms with Gasteiger partial charge in [-0.1, -0.05) is 81.4 Å². The van der Waals surface area contributed by atoms with Gasteiger partial charge in [0.05, 0.1) is 16.8 Å². The van der Waals surface area contributed by atoms with Gasteiger partial charge in [0.15, 0.2) is 5.60 Å². The third-order valence-corrected chi connectivity index (χ3v) is 16.2. The van der Waals surface area contributed by atoms with E-state index in [4.69, 9.17) is 9.16 Å². The number of amides is 3. The van der Waals surface area contributed by atoms with E-state index in [2.05, 4.69) is 45.0 Å². The maximum atomic E-state index is 14.7. The molecular formula is C43H54F5N3O5Si. The number of nitrogens with zero attached hydrogens (tertiary/aromatic N) is 2. The van der Waals surface area contributed by atoms with Crippen LogP contribution in [0.2, 0.25) is 5.04 Å². The molecule has 0 saturated heterocycles. The molecule has 57 heavy (non-hydrogen) atoms. The highest BCUT2D eigenvalue weighted by Gasteiger charge is 2.50. The number of halogens is 5. The van der Waals surface area contributed by atoms with Crippen molar-refractivity contribution in [3.63, 3.8) is 0 Å². The summed E-state index contributed by atoms with van der Waals surface area (Å²) in [6, 6.07) is 21.8. The van der Waals surface area contributed by atoms with Gasteiger partial charge < -0.3 is 24.3 Å². The Bertz CT molecular complexity index is 1840. The summed E-state index contributed by atoms with van der Waals surface area (Å²) >= 11 is 0. The van der Waals surface area contributed by atoms with Crippen molar-refractivity contribution in [1.82, 2.24) is 10.2 Å². The molecule has 3 aromatic rings. The van der Waals surface area contributed by atoms with Gasteiger partial charge in [0.1, 0.15) is 5.75 Å². The number of carbonyl (C=O) groups is 3. The summed E-state index contributed by atoms with van der Waals surface area (Å²) < 4.78 is 82.7. The Morgan fingerprint density at radius 2 is 1.51 bits per heavy atom. The van der Waals surface area contributed by atoms with Gasteiger partial charge >= 0.3 is 12.6 Å². The topological polar surface area (TPSA) is 88.2 Å². The Balaban J connectivity index is 1.35. The molecule has 2 aliphatic rings.